The number of hydrogen-bond donors (Lipinski definition) is 2. The molecule has 1 rings (SSSR count). The van der Waals surface area contributed by atoms with Crippen molar-refractivity contribution in [2.75, 3.05) is 13.1 Å². The van der Waals surface area contributed by atoms with Crippen LogP contribution in [-0.4, -0.2) is 29.8 Å². The summed E-state index contributed by atoms with van der Waals surface area (Å²) in [4.78, 5) is 32.5. The van der Waals surface area contributed by atoms with Gasteiger partial charge in [0.25, 0.3) is 0 Å². The highest BCUT2D eigenvalue weighted by Gasteiger charge is 2.07. The molecule has 0 spiro atoms. The van der Waals surface area contributed by atoms with Crippen molar-refractivity contribution in [3.63, 3.8) is 0 Å². The Kier molecular flexibility index (Phi) is 5.68. The van der Waals surface area contributed by atoms with Crippen LogP contribution in [0.15, 0.2) is 18.2 Å². The maximum absolute atomic E-state index is 11.4. The number of nitro groups is 1. The van der Waals surface area contributed by atoms with Gasteiger partial charge in [-0.3, -0.25) is 19.7 Å². The minimum atomic E-state index is -0.477. The van der Waals surface area contributed by atoms with Crippen molar-refractivity contribution in [3.8, 4) is 0 Å². The molecule has 0 saturated heterocycles. The van der Waals surface area contributed by atoms with Crippen LogP contribution in [0.5, 0.6) is 0 Å². The number of rotatable bonds is 6. The summed E-state index contributed by atoms with van der Waals surface area (Å²) < 4.78 is 0. The molecular formula is C11H13N3O4S. The highest BCUT2D eigenvalue weighted by atomic mass is 32.1. The Bertz CT molecular complexity index is 510. The molecule has 0 aliphatic rings. The molecule has 0 saturated carbocycles. The zero-order valence-corrected chi connectivity index (χ0v) is 11.0. The van der Waals surface area contributed by atoms with E-state index in [1.54, 1.807) is 6.07 Å². The maximum Gasteiger partial charge on any atom is 0.324 e. The molecule has 19 heavy (non-hydrogen) atoms. The van der Waals surface area contributed by atoms with Crippen molar-refractivity contribution in [1.82, 2.24) is 10.6 Å². The summed E-state index contributed by atoms with van der Waals surface area (Å²) in [6.45, 7) is 2.08. The number of amides is 2. The number of carbonyl (C=O) groups excluding carboxylic acids is 2. The molecule has 7 nitrogen and oxygen atoms in total. The molecule has 0 unspecified atom stereocenters. The highest BCUT2D eigenvalue weighted by Crippen LogP contribution is 2.24. The highest BCUT2D eigenvalue weighted by molar-refractivity contribution is 7.16. The van der Waals surface area contributed by atoms with E-state index in [0.717, 1.165) is 11.3 Å². The Hall–Kier alpha value is -2.22. The summed E-state index contributed by atoms with van der Waals surface area (Å²) in [6, 6.07) is 2.96. The molecule has 1 aromatic rings. The van der Waals surface area contributed by atoms with E-state index in [0.29, 0.717) is 18.0 Å². The second-order valence-electron chi connectivity index (χ2n) is 3.54. The third kappa shape index (κ3) is 5.77. The molecule has 2 N–H and O–H groups in total. The zero-order chi connectivity index (χ0) is 14.3. The zero-order valence-electron chi connectivity index (χ0n) is 10.2. The van der Waals surface area contributed by atoms with Crippen LogP contribution in [0.25, 0.3) is 6.08 Å². The monoisotopic (exact) mass is 283 g/mol. The molecule has 0 atom stereocenters. The molecule has 8 heteroatoms. The first kappa shape index (κ1) is 14.8. The van der Waals surface area contributed by atoms with Crippen LogP contribution in [0, 0.1) is 10.1 Å². The molecule has 0 aromatic carbocycles. The van der Waals surface area contributed by atoms with Gasteiger partial charge >= 0.3 is 5.00 Å². The van der Waals surface area contributed by atoms with Crippen LogP contribution in [0.2, 0.25) is 0 Å². The molecule has 1 aromatic heterocycles. The van der Waals surface area contributed by atoms with Crippen molar-refractivity contribution >= 4 is 34.2 Å². The van der Waals surface area contributed by atoms with E-state index in [-0.39, 0.29) is 16.8 Å². The van der Waals surface area contributed by atoms with Gasteiger partial charge < -0.3 is 10.6 Å². The summed E-state index contributed by atoms with van der Waals surface area (Å²) in [5.74, 6) is -0.475. The lowest BCUT2D eigenvalue weighted by Crippen LogP contribution is -2.32. The van der Waals surface area contributed by atoms with E-state index in [1.807, 2.05) is 0 Å². The van der Waals surface area contributed by atoms with Gasteiger partial charge in [0.2, 0.25) is 11.8 Å². The summed E-state index contributed by atoms with van der Waals surface area (Å²) in [5, 5.41) is 15.6. The Labute approximate surface area is 113 Å². The molecule has 0 radical (unpaired) electrons. The number of nitrogens with zero attached hydrogens (tertiary/aromatic N) is 1. The fourth-order valence-corrected chi connectivity index (χ4v) is 1.90. The molecular weight excluding hydrogens is 270 g/mol. The smallest absolute Gasteiger partial charge is 0.324 e. The van der Waals surface area contributed by atoms with E-state index in [1.165, 1.54) is 25.1 Å². The standard InChI is InChI=1S/C11H13N3O4S/c1-8(15)12-6-7-13-10(16)4-2-9-3-5-11(19-9)14(17)18/h2-5H,6-7H2,1H3,(H,12,15)(H,13,16)/b4-2+. The average molecular weight is 283 g/mol. The molecule has 1 heterocycles. The predicted molar refractivity (Wildman–Crippen MR) is 71.7 cm³/mol. The minimum Gasteiger partial charge on any atom is -0.355 e. The average Bonchev–Trinajstić information content (AvgIpc) is 2.81. The molecule has 0 aliphatic carbocycles. The number of thiophene rings is 1. The molecule has 0 aliphatic heterocycles. The minimum absolute atomic E-state index is 0.0331. The Morgan fingerprint density at radius 3 is 2.63 bits per heavy atom. The van der Waals surface area contributed by atoms with Crippen LogP contribution < -0.4 is 10.6 Å². The molecule has 0 fully saturated rings. The SMILES string of the molecule is CC(=O)NCCNC(=O)/C=C/c1ccc([N+](=O)[O-])s1. The van der Waals surface area contributed by atoms with Crippen LogP contribution in [0.4, 0.5) is 5.00 Å². The number of carbonyl (C=O) groups is 2. The lowest BCUT2D eigenvalue weighted by Gasteiger charge is -2.02. The molecule has 0 bridgehead atoms. The third-order valence-electron chi connectivity index (χ3n) is 1.99. The van der Waals surface area contributed by atoms with Crippen molar-refractivity contribution in [2.45, 2.75) is 6.92 Å². The van der Waals surface area contributed by atoms with Gasteiger partial charge in [-0.1, -0.05) is 11.3 Å². The third-order valence-corrected chi connectivity index (χ3v) is 2.99. The Morgan fingerprint density at radius 2 is 2.05 bits per heavy atom. The van der Waals surface area contributed by atoms with Gasteiger partial charge in [0.15, 0.2) is 0 Å². The molecule has 2 amide bonds. The van der Waals surface area contributed by atoms with E-state index in [2.05, 4.69) is 10.6 Å². The first-order valence-electron chi connectivity index (χ1n) is 5.43. The van der Waals surface area contributed by atoms with Crippen molar-refractivity contribution in [1.29, 1.82) is 0 Å². The summed E-state index contributed by atoms with van der Waals surface area (Å²) in [5.41, 5.74) is 0. The van der Waals surface area contributed by atoms with Crippen LogP contribution in [0.3, 0.4) is 0 Å². The Balaban J connectivity index is 2.36. The fourth-order valence-electron chi connectivity index (χ4n) is 1.17. The Morgan fingerprint density at radius 1 is 1.37 bits per heavy atom. The number of hydrogen-bond acceptors (Lipinski definition) is 5. The lowest BCUT2D eigenvalue weighted by molar-refractivity contribution is -0.380. The fraction of sp³-hybridized carbons (Fsp3) is 0.273. The summed E-state index contributed by atoms with van der Waals surface area (Å²) in [6.07, 6.45) is 2.80. The van der Waals surface area contributed by atoms with Crippen molar-refractivity contribution < 1.29 is 14.5 Å². The normalized spacial score (nSPS) is 10.4. The van der Waals surface area contributed by atoms with Crippen LogP contribution in [-0.2, 0) is 9.59 Å². The second kappa shape index (κ2) is 7.27. The van der Waals surface area contributed by atoms with Crippen LogP contribution in [0.1, 0.15) is 11.8 Å². The summed E-state index contributed by atoms with van der Waals surface area (Å²) >= 11 is 0.992. The topological polar surface area (TPSA) is 101 Å². The first-order valence-corrected chi connectivity index (χ1v) is 6.25. The van der Waals surface area contributed by atoms with Crippen LogP contribution >= 0.6 is 11.3 Å². The van der Waals surface area contributed by atoms with Gasteiger partial charge in [-0.2, -0.15) is 0 Å². The van der Waals surface area contributed by atoms with Gasteiger partial charge in [-0.05, 0) is 12.1 Å². The molecule has 102 valence electrons. The summed E-state index contributed by atoms with van der Waals surface area (Å²) in [7, 11) is 0. The quantitative estimate of drug-likeness (QED) is 0.351. The van der Waals surface area contributed by atoms with Gasteiger partial charge in [0, 0.05) is 37.0 Å². The first-order chi connectivity index (χ1) is 8.99. The predicted octanol–water partition coefficient (Wildman–Crippen LogP) is 0.922. The lowest BCUT2D eigenvalue weighted by atomic mass is 10.4. The van der Waals surface area contributed by atoms with E-state index in [9.17, 15) is 19.7 Å². The van der Waals surface area contributed by atoms with Gasteiger partial charge in [-0.15, -0.1) is 0 Å². The van der Waals surface area contributed by atoms with Gasteiger partial charge in [0.1, 0.15) is 0 Å². The number of nitrogens with one attached hydrogen (secondary N) is 2. The largest absolute Gasteiger partial charge is 0.355 e. The van der Waals surface area contributed by atoms with Gasteiger partial charge in [0.05, 0.1) is 4.92 Å². The maximum atomic E-state index is 11.4. The second-order valence-corrected chi connectivity index (χ2v) is 4.63. The van der Waals surface area contributed by atoms with E-state index in [4.69, 9.17) is 0 Å². The van der Waals surface area contributed by atoms with Crippen molar-refractivity contribution in [2.24, 2.45) is 0 Å². The van der Waals surface area contributed by atoms with Gasteiger partial charge in [-0.25, -0.2) is 0 Å². The van der Waals surface area contributed by atoms with E-state index >= 15 is 0 Å². The van der Waals surface area contributed by atoms with E-state index < -0.39 is 4.92 Å². The van der Waals surface area contributed by atoms with Crippen molar-refractivity contribution in [3.05, 3.63) is 33.2 Å².